The summed E-state index contributed by atoms with van der Waals surface area (Å²) in [6.45, 7) is 2.35. The summed E-state index contributed by atoms with van der Waals surface area (Å²) in [7, 11) is 0. The topological polar surface area (TPSA) is 77.5 Å². The molecule has 0 saturated carbocycles. The first-order valence-corrected chi connectivity index (χ1v) is 8.66. The molecule has 0 radical (unpaired) electrons. The molecule has 1 fully saturated rings. The molecule has 6 heteroatoms. The molecule has 1 unspecified atom stereocenters. The summed E-state index contributed by atoms with van der Waals surface area (Å²) < 4.78 is 0. The van der Waals surface area contributed by atoms with E-state index in [-0.39, 0.29) is 12.6 Å². The summed E-state index contributed by atoms with van der Waals surface area (Å²) in [5, 5.41) is 15.2. The van der Waals surface area contributed by atoms with Crippen molar-refractivity contribution in [2.45, 2.75) is 25.4 Å². The quantitative estimate of drug-likeness (QED) is 0.753. The molecule has 0 aliphatic carbocycles. The van der Waals surface area contributed by atoms with Crippen LogP contribution in [0.25, 0.3) is 0 Å². The molecule has 1 aromatic heterocycles. The van der Waals surface area contributed by atoms with Gasteiger partial charge in [0.1, 0.15) is 5.82 Å². The second-order valence-electron chi connectivity index (χ2n) is 6.19. The van der Waals surface area contributed by atoms with Gasteiger partial charge in [0.25, 0.3) is 0 Å². The Morgan fingerprint density at radius 1 is 1.20 bits per heavy atom. The predicted octanol–water partition coefficient (Wildman–Crippen LogP) is 2.21. The number of urea groups is 1. The van der Waals surface area contributed by atoms with Gasteiger partial charge in [0.05, 0.1) is 12.6 Å². The first kappa shape index (κ1) is 17.2. The van der Waals surface area contributed by atoms with Crippen molar-refractivity contribution in [1.29, 1.82) is 0 Å². The molecule has 2 amide bonds. The van der Waals surface area contributed by atoms with Crippen LogP contribution in [0.5, 0.6) is 0 Å². The van der Waals surface area contributed by atoms with Crippen LogP contribution in [0.2, 0.25) is 0 Å². The molecule has 1 aliphatic heterocycles. The second kappa shape index (κ2) is 8.48. The molecule has 132 valence electrons. The smallest absolute Gasteiger partial charge is 0.315 e. The monoisotopic (exact) mass is 340 g/mol. The zero-order valence-corrected chi connectivity index (χ0v) is 14.2. The Morgan fingerprint density at radius 2 is 1.96 bits per heavy atom. The fourth-order valence-corrected chi connectivity index (χ4v) is 3.00. The average molecular weight is 340 g/mol. The van der Waals surface area contributed by atoms with E-state index < -0.39 is 6.04 Å². The zero-order chi connectivity index (χ0) is 17.5. The van der Waals surface area contributed by atoms with E-state index in [0.717, 1.165) is 30.0 Å². The summed E-state index contributed by atoms with van der Waals surface area (Å²) in [6.07, 6.45) is 4.19. The fraction of sp³-hybridized carbons (Fsp3) is 0.368. The van der Waals surface area contributed by atoms with E-state index in [1.807, 2.05) is 42.5 Å². The van der Waals surface area contributed by atoms with Gasteiger partial charge in [-0.25, -0.2) is 9.78 Å². The molecule has 6 nitrogen and oxygen atoms in total. The number of amides is 2. The Kier molecular flexibility index (Phi) is 5.85. The van der Waals surface area contributed by atoms with Crippen molar-refractivity contribution >= 4 is 11.8 Å². The van der Waals surface area contributed by atoms with Gasteiger partial charge >= 0.3 is 6.03 Å². The molecule has 1 atom stereocenters. The molecule has 25 heavy (non-hydrogen) atoms. The van der Waals surface area contributed by atoms with Gasteiger partial charge in [-0.1, -0.05) is 30.3 Å². The van der Waals surface area contributed by atoms with Crippen LogP contribution in [0, 0.1) is 0 Å². The Bertz CT molecular complexity index is 687. The van der Waals surface area contributed by atoms with Crippen molar-refractivity contribution in [3.63, 3.8) is 0 Å². The average Bonchev–Trinajstić information content (AvgIpc) is 3.20. The lowest BCUT2D eigenvalue weighted by Crippen LogP contribution is -2.38. The van der Waals surface area contributed by atoms with Gasteiger partial charge in [-0.15, -0.1) is 0 Å². The number of rotatable bonds is 6. The third kappa shape index (κ3) is 4.70. The molecule has 0 bridgehead atoms. The van der Waals surface area contributed by atoms with Crippen LogP contribution >= 0.6 is 0 Å². The van der Waals surface area contributed by atoms with E-state index in [4.69, 9.17) is 0 Å². The Balaban J connectivity index is 1.54. The maximum atomic E-state index is 12.1. The van der Waals surface area contributed by atoms with Crippen molar-refractivity contribution in [3.8, 4) is 0 Å². The molecule has 0 spiro atoms. The third-order valence-corrected chi connectivity index (χ3v) is 4.38. The minimum Gasteiger partial charge on any atom is -0.394 e. The lowest BCUT2D eigenvalue weighted by Gasteiger charge is -2.18. The minimum atomic E-state index is -0.418. The van der Waals surface area contributed by atoms with E-state index in [1.165, 1.54) is 12.8 Å². The van der Waals surface area contributed by atoms with E-state index >= 15 is 0 Å². The van der Waals surface area contributed by atoms with Gasteiger partial charge < -0.3 is 20.6 Å². The number of hydrogen-bond donors (Lipinski definition) is 3. The fourth-order valence-electron chi connectivity index (χ4n) is 3.00. The number of benzene rings is 1. The van der Waals surface area contributed by atoms with Crippen LogP contribution in [0.1, 0.15) is 30.0 Å². The van der Waals surface area contributed by atoms with Gasteiger partial charge in [-0.05, 0) is 36.1 Å². The molecular formula is C19H24N4O2. The van der Waals surface area contributed by atoms with Crippen molar-refractivity contribution in [2.24, 2.45) is 0 Å². The summed E-state index contributed by atoms with van der Waals surface area (Å²) in [4.78, 5) is 18.8. The van der Waals surface area contributed by atoms with Gasteiger partial charge in [0.15, 0.2) is 0 Å². The number of carbonyl (C=O) groups excluding carboxylic acids is 1. The highest BCUT2D eigenvalue weighted by molar-refractivity contribution is 5.74. The van der Waals surface area contributed by atoms with Crippen LogP contribution < -0.4 is 15.5 Å². The van der Waals surface area contributed by atoms with Gasteiger partial charge in [-0.3, -0.25) is 0 Å². The number of carbonyl (C=O) groups is 1. The van der Waals surface area contributed by atoms with E-state index in [2.05, 4.69) is 20.5 Å². The Morgan fingerprint density at radius 3 is 2.68 bits per heavy atom. The van der Waals surface area contributed by atoms with Crippen LogP contribution in [0.3, 0.4) is 0 Å². The van der Waals surface area contributed by atoms with Crippen molar-refractivity contribution in [3.05, 3.63) is 59.8 Å². The molecule has 1 saturated heterocycles. The Labute approximate surface area is 147 Å². The number of aromatic nitrogens is 1. The normalized spacial score (nSPS) is 15.0. The minimum absolute atomic E-state index is 0.147. The predicted molar refractivity (Wildman–Crippen MR) is 97.3 cm³/mol. The maximum Gasteiger partial charge on any atom is 0.315 e. The molecule has 1 aromatic carbocycles. The molecular weight excluding hydrogens is 316 g/mol. The number of nitrogens with one attached hydrogen (secondary N) is 2. The SMILES string of the molecule is O=C(NCc1ccnc(N2CCCC2)c1)NC(CO)c1ccccc1. The van der Waals surface area contributed by atoms with E-state index in [9.17, 15) is 9.90 Å². The van der Waals surface area contributed by atoms with Crippen molar-refractivity contribution < 1.29 is 9.90 Å². The van der Waals surface area contributed by atoms with Gasteiger partial charge in [-0.2, -0.15) is 0 Å². The highest BCUT2D eigenvalue weighted by atomic mass is 16.3. The van der Waals surface area contributed by atoms with Crippen molar-refractivity contribution in [1.82, 2.24) is 15.6 Å². The molecule has 1 aliphatic rings. The number of hydrogen-bond acceptors (Lipinski definition) is 4. The van der Waals surface area contributed by atoms with E-state index in [0.29, 0.717) is 6.54 Å². The molecule has 2 heterocycles. The lowest BCUT2D eigenvalue weighted by molar-refractivity contribution is 0.216. The first-order chi connectivity index (χ1) is 12.3. The number of anilines is 1. The molecule has 2 aromatic rings. The van der Waals surface area contributed by atoms with Crippen LogP contribution in [-0.2, 0) is 6.54 Å². The van der Waals surface area contributed by atoms with Crippen LogP contribution in [0.15, 0.2) is 48.7 Å². The Hall–Kier alpha value is -2.60. The molecule has 3 rings (SSSR count). The van der Waals surface area contributed by atoms with Gasteiger partial charge in [0, 0.05) is 25.8 Å². The summed E-state index contributed by atoms with van der Waals surface area (Å²) in [5.74, 6) is 0.967. The summed E-state index contributed by atoms with van der Waals surface area (Å²) in [6, 6.07) is 12.6. The molecule has 3 N–H and O–H groups in total. The number of nitrogens with zero attached hydrogens (tertiary/aromatic N) is 2. The third-order valence-electron chi connectivity index (χ3n) is 4.38. The largest absolute Gasteiger partial charge is 0.394 e. The zero-order valence-electron chi connectivity index (χ0n) is 14.2. The summed E-state index contributed by atoms with van der Waals surface area (Å²) >= 11 is 0. The highest BCUT2D eigenvalue weighted by Gasteiger charge is 2.15. The second-order valence-corrected chi connectivity index (χ2v) is 6.19. The van der Waals surface area contributed by atoms with Gasteiger partial charge in [0.2, 0.25) is 0 Å². The first-order valence-electron chi connectivity index (χ1n) is 8.66. The highest BCUT2D eigenvalue weighted by Crippen LogP contribution is 2.18. The van der Waals surface area contributed by atoms with Crippen molar-refractivity contribution in [2.75, 3.05) is 24.6 Å². The number of pyridine rings is 1. The maximum absolute atomic E-state index is 12.1. The standard InChI is InChI=1S/C19H24N4O2/c24-14-17(16-6-2-1-3-7-16)22-19(25)21-13-15-8-9-20-18(12-15)23-10-4-5-11-23/h1-3,6-9,12,17,24H,4-5,10-11,13-14H2,(H2,21,22,25). The van der Waals surface area contributed by atoms with Crippen LogP contribution in [0.4, 0.5) is 10.6 Å². The van der Waals surface area contributed by atoms with E-state index in [1.54, 1.807) is 6.20 Å². The lowest BCUT2D eigenvalue weighted by atomic mass is 10.1. The van der Waals surface area contributed by atoms with Crippen LogP contribution in [-0.4, -0.2) is 35.8 Å². The number of aliphatic hydroxyl groups is 1. The summed E-state index contributed by atoms with van der Waals surface area (Å²) in [5.41, 5.74) is 1.88. The number of aliphatic hydroxyl groups excluding tert-OH is 1.